The number of rotatable bonds is 2. The Morgan fingerprint density at radius 2 is 1.90 bits per heavy atom. The molecule has 4 nitrogen and oxygen atoms in total. The second-order valence-corrected chi connectivity index (χ2v) is 4.82. The first-order valence-electron chi connectivity index (χ1n) is 6.57. The van der Waals surface area contributed by atoms with Gasteiger partial charge >= 0.3 is 0 Å². The van der Waals surface area contributed by atoms with Crippen molar-refractivity contribution in [3.05, 3.63) is 71.3 Å². The third-order valence-corrected chi connectivity index (χ3v) is 3.15. The highest BCUT2D eigenvalue weighted by Crippen LogP contribution is 2.15. The zero-order valence-electron chi connectivity index (χ0n) is 11.5. The van der Waals surface area contributed by atoms with Crippen LogP contribution in [0.5, 0.6) is 0 Å². The highest BCUT2D eigenvalue weighted by atomic mass is 16.3. The van der Waals surface area contributed by atoms with Gasteiger partial charge in [-0.15, -0.1) is 0 Å². The molecule has 104 valence electrons. The maximum absolute atomic E-state index is 11.6. The highest BCUT2D eigenvalue weighted by Gasteiger charge is 2.08. The lowest BCUT2D eigenvalue weighted by atomic mass is 10.2. The van der Waals surface area contributed by atoms with Crippen molar-refractivity contribution < 1.29 is 9.21 Å². The van der Waals surface area contributed by atoms with E-state index >= 15 is 0 Å². The predicted molar refractivity (Wildman–Crippen MR) is 81.1 cm³/mol. The van der Waals surface area contributed by atoms with Crippen LogP contribution in [-0.4, -0.2) is 5.91 Å². The molecule has 0 atom stereocenters. The van der Waals surface area contributed by atoms with Crippen molar-refractivity contribution in [2.45, 2.75) is 6.92 Å². The van der Waals surface area contributed by atoms with E-state index in [1.54, 1.807) is 6.07 Å². The predicted octanol–water partition coefficient (Wildman–Crippen LogP) is 3.07. The number of carbonyl (C=O) groups is 1. The second-order valence-electron chi connectivity index (χ2n) is 4.82. The monoisotopic (exact) mass is 278 g/mol. The van der Waals surface area contributed by atoms with E-state index < -0.39 is 5.91 Å². The number of hydrogen-bond acceptors (Lipinski definition) is 3. The van der Waals surface area contributed by atoms with Gasteiger partial charge in [0.2, 0.25) is 5.55 Å². The largest absolute Gasteiger partial charge is 0.438 e. The number of carbonyl (C=O) groups excluding carboxylic acids is 1. The Labute approximate surface area is 121 Å². The number of nitrogens with two attached hydrogens (primary N) is 1. The number of primary amides is 1. The Bertz CT molecular complexity index is 894. The first-order chi connectivity index (χ1) is 10.1. The van der Waals surface area contributed by atoms with E-state index in [4.69, 9.17) is 10.2 Å². The molecule has 4 heteroatoms. The average molecular weight is 278 g/mol. The topological polar surface area (TPSA) is 68.6 Å². The maximum atomic E-state index is 11.6. The summed E-state index contributed by atoms with van der Waals surface area (Å²) in [5.41, 5.74) is 8.39. The van der Waals surface area contributed by atoms with Crippen molar-refractivity contribution >= 4 is 22.6 Å². The van der Waals surface area contributed by atoms with Crippen LogP contribution in [0.2, 0.25) is 0 Å². The Morgan fingerprint density at radius 3 is 2.67 bits per heavy atom. The standard InChI is InChI=1S/C17H14N2O2/c1-11-5-4-7-13(9-11)19-17-14(16(18)20)10-12-6-2-3-8-15(12)21-17/h2-10H,1H3,(H2,18,20). The minimum absolute atomic E-state index is 0.229. The molecule has 1 heterocycles. The molecule has 0 aliphatic rings. The third-order valence-electron chi connectivity index (χ3n) is 3.15. The Kier molecular flexibility index (Phi) is 3.28. The number of para-hydroxylation sites is 1. The molecule has 2 N–H and O–H groups in total. The van der Waals surface area contributed by atoms with Crippen molar-refractivity contribution in [3.63, 3.8) is 0 Å². The van der Waals surface area contributed by atoms with E-state index in [9.17, 15) is 4.79 Å². The molecule has 1 amide bonds. The number of amides is 1. The summed E-state index contributed by atoms with van der Waals surface area (Å²) >= 11 is 0. The highest BCUT2D eigenvalue weighted by molar-refractivity contribution is 5.95. The maximum Gasteiger partial charge on any atom is 0.254 e. The molecule has 0 aliphatic carbocycles. The molecule has 0 bridgehead atoms. The van der Waals surface area contributed by atoms with Crippen molar-refractivity contribution in [3.8, 4) is 0 Å². The smallest absolute Gasteiger partial charge is 0.254 e. The van der Waals surface area contributed by atoms with Crippen molar-refractivity contribution in [1.82, 2.24) is 0 Å². The van der Waals surface area contributed by atoms with Gasteiger partial charge in [-0.25, -0.2) is 4.99 Å². The van der Waals surface area contributed by atoms with Crippen LogP contribution in [0.4, 0.5) is 5.69 Å². The lowest BCUT2D eigenvalue weighted by Gasteiger charge is -2.02. The fourth-order valence-electron chi connectivity index (χ4n) is 2.14. The van der Waals surface area contributed by atoms with E-state index in [1.807, 2.05) is 55.5 Å². The van der Waals surface area contributed by atoms with Gasteiger partial charge in [-0.1, -0.05) is 30.3 Å². The van der Waals surface area contributed by atoms with Gasteiger partial charge in [0.05, 0.1) is 5.69 Å². The Hall–Kier alpha value is -2.88. The van der Waals surface area contributed by atoms with Crippen molar-refractivity contribution in [2.75, 3.05) is 0 Å². The molecule has 2 aromatic carbocycles. The van der Waals surface area contributed by atoms with Crippen molar-refractivity contribution in [1.29, 1.82) is 0 Å². The summed E-state index contributed by atoms with van der Waals surface area (Å²) in [6, 6.07) is 16.8. The van der Waals surface area contributed by atoms with Crippen LogP contribution in [0.3, 0.4) is 0 Å². The summed E-state index contributed by atoms with van der Waals surface area (Å²) in [4.78, 5) is 16.0. The SMILES string of the molecule is Cc1cccc(N=c2oc3ccccc3cc2C(N)=O)c1. The molecule has 0 spiro atoms. The summed E-state index contributed by atoms with van der Waals surface area (Å²) in [6.45, 7) is 1.98. The fraction of sp³-hybridized carbons (Fsp3) is 0.0588. The summed E-state index contributed by atoms with van der Waals surface area (Å²) in [5.74, 6) is -0.559. The van der Waals surface area contributed by atoms with Crippen LogP contribution >= 0.6 is 0 Å². The molecule has 3 rings (SSSR count). The third kappa shape index (κ3) is 2.69. The van der Waals surface area contributed by atoms with Crippen LogP contribution in [0.1, 0.15) is 15.9 Å². The summed E-state index contributed by atoms with van der Waals surface area (Å²) in [7, 11) is 0. The first kappa shape index (κ1) is 13.1. The Balaban J connectivity index is 2.29. The number of nitrogens with zero attached hydrogens (tertiary/aromatic N) is 1. The molecular formula is C17H14N2O2. The van der Waals surface area contributed by atoms with Crippen LogP contribution in [0.25, 0.3) is 11.0 Å². The van der Waals surface area contributed by atoms with Crippen LogP contribution < -0.4 is 11.3 Å². The number of fused-ring (bicyclic) bond motifs is 1. The molecule has 1 aromatic heterocycles. The molecule has 0 saturated carbocycles. The average Bonchev–Trinajstić information content (AvgIpc) is 2.46. The summed E-state index contributed by atoms with van der Waals surface area (Å²) in [6.07, 6.45) is 0. The van der Waals surface area contributed by atoms with E-state index in [-0.39, 0.29) is 11.1 Å². The number of benzene rings is 2. The van der Waals surface area contributed by atoms with Gasteiger partial charge < -0.3 is 10.2 Å². The van der Waals surface area contributed by atoms with Crippen LogP contribution in [0.15, 0.2) is 64.0 Å². The van der Waals surface area contributed by atoms with Gasteiger partial charge in [-0.3, -0.25) is 4.79 Å². The molecule has 0 radical (unpaired) electrons. The van der Waals surface area contributed by atoms with Gasteiger partial charge in [-0.05, 0) is 36.8 Å². The zero-order valence-corrected chi connectivity index (χ0v) is 11.5. The molecule has 0 fully saturated rings. The molecular weight excluding hydrogens is 264 g/mol. The summed E-state index contributed by atoms with van der Waals surface area (Å²) < 4.78 is 5.73. The second kappa shape index (κ2) is 5.25. The van der Waals surface area contributed by atoms with E-state index in [0.717, 1.165) is 16.6 Å². The summed E-state index contributed by atoms with van der Waals surface area (Å²) in [5, 5.41) is 0.814. The molecule has 3 aromatic rings. The molecule has 0 unspecified atom stereocenters. The van der Waals surface area contributed by atoms with E-state index in [1.165, 1.54) is 0 Å². The van der Waals surface area contributed by atoms with Gasteiger partial charge in [0.15, 0.2) is 0 Å². The fourth-order valence-corrected chi connectivity index (χ4v) is 2.14. The lowest BCUT2D eigenvalue weighted by molar-refractivity contribution is 0.0996. The zero-order chi connectivity index (χ0) is 14.8. The molecule has 0 aliphatic heterocycles. The minimum atomic E-state index is -0.559. The lowest BCUT2D eigenvalue weighted by Crippen LogP contribution is -2.21. The van der Waals surface area contributed by atoms with Gasteiger partial charge in [-0.2, -0.15) is 0 Å². The van der Waals surface area contributed by atoms with E-state index in [2.05, 4.69) is 4.99 Å². The molecule has 21 heavy (non-hydrogen) atoms. The minimum Gasteiger partial charge on any atom is -0.438 e. The normalized spacial score (nSPS) is 11.8. The van der Waals surface area contributed by atoms with Crippen LogP contribution in [0, 0.1) is 6.92 Å². The van der Waals surface area contributed by atoms with Crippen LogP contribution in [-0.2, 0) is 0 Å². The number of aryl methyl sites for hydroxylation is 1. The van der Waals surface area contributed by atoms with Gasteiger partial charge in [0.1, 0.15) is 11.1 Å². The van der Waals surface area contributed by atoms with Gasteiger partial charge in [0, 0.05) is 5.39 Å². The van der Waals surface area contributed by atoms with Crippen molar-refractivity contribution in [2.24, 2.45) is 10.7 Å². The van der Waals surface area contributed by atoms with E-state index in [0.29, 0.717) is 5.58 Å². The Morgan fingerprint density at radius 1 is 1.10 bits per heavy atom. The quantitative estimate of drug-likeness (QED) is 0.782. The van der Waals surface area contributed by atoms with Gasteiger partial charge in [0.25, 0.3) is 5.91 Å². The molecule has 0 saturated heterocycles. The first-order valence-corrected chi connectivity index (χ1v) is 6.57. The number of hydrogen-bond donors (Lipinski definition) is 1.